The molecule has 3 aromatic rings. The Balaban J connectivity index is 1.95. The molecule has 10 heteroatoms. The van der Waals surface area contributed by atoms with Crippen LogP contribution in [0.25, 0.3) is 11.0 Å². The van der Waals surface area contributed by atoms with Crippen LogP contribution in [0, 0.1) is 13.8 Å². The normalized spacial score (nSPS) is 11.5. The molecule has 1 heterocycles. The predicted octanol–water partition coefficient (Wildman–Crippen LogP) is 4.79. The van der Waals surface area contributed by atoms with E-state index in [4.69, 9.17) is 23.4 Å². The maximum atomic E-state index is 13.7. The third-order valence-corrected chi connectivity index (χ3v) is 4.40. The van der Waals surface area contributed by atoms with Crippen LogP contribution in [0.5, 0.6) is 17.2 Å². The monoisotopic (exact) mass is 466 g/mol. The first-order valence-electron chi connectivity index (χ1n) is 9.80. The lowest BCUT2D eigenvalue weighted by molar-refractivity contribution is -0.154. The zero-order valence-corrected chi connectivity index (χ0v) is 18.1. The second-order valence-electron chi connectivity index (χ2n) is 7.17. The summed E-state index contributed by atoms with van der Waals surface area (Å²) in [7, 11) is 1.45. The topological polar surface area (TPSA) is 84.2 Å². The number of benzene rings is 2. The maximum Gasteiger partial charge on any atom is 0.453 e. The van der Waals surface area contributed by atoms with Crippen molar-refractivity contribution in [1.82, 2.24) is 0 Å². The first kappa shape index (κ1) is 24.1. The lowest BCUT2D eigenvalue weighted by Gasteiger charge is -2.14. The van der Waals surface area contributed by atoms with E-state index in [1.807, 2.05) is 6.07 Å². The van der Waals surface area contributed by atoms with Gasteiger partial charge >= 0.3 is 12.1 Å². The molecule has 176 valence electrons. The minimum absolute atomic E-state index is 0.0189. The van der Waals surface area contributed by atoms with Crippen LogP contribution >= 0.6 is 0 Å². The van der Waals surface area contributed by atoms with Crippen molar-refractivity contribution in [2.45, 2.75) is 20.0 Å². The van der Waals surface area contributed by atoms with Crippen LogP contribution in [0.2, 0.25) is 0 Å². The van der Waals surface area contributed by atoms with Crippen LogP contribution in [0.1, 0.15) is 16.9 Å². The highest BCUT2D eigenvalue weighted by atomic mass is 19.4. The van der Waals surface area contributed by atoms with Crippen LogP contribution in [0.4, 0.5) is 13.2 Å². The van der Waals surface area contributed by atoms with Crippen molar-refractivity contribution in [1.29, 1.82) is 0 Å². The molecule has 1 aromatic heterocycles. The summed E-state index contributed by atoms with van der Waals surface area (Å²) in [4.78, 5) is 24.5. The molecule has 0 fully saturated rings. The molecule has 2 aromatic carbocycles. The molecule has 0 spiro atoms. The summed E-state index contributed by atoms with van der Waals surface area (Å²) in [5, 5.41) is -0.141. The summed E-state index contributed by atoms with van der Waals surface area (Å²) in [6, 6.07) is 8.50. The first-order chi connectivity index (χ1) is 15.6. The molecule has 0 atom stereocenters. The van der Waals surface area contributed by atoms with Crippen molar-refractivity contribution in [3.63, 3.8) is 0 Å². The van der Waals surface area contributed by atoms with Gasteiger partial charge in [-0.1, -0.05) is 6.07 Å². The van der Waals surface area contributed by atoms with Gasteiger partial charge in [-0.05, 0) is 49.2 Å². The van der Waals surface area contributed by atoms with Crippen molar-refractivity contribution in [2.24, 2.45) is 0 Å². The Morgan fingerprint density at radius 1 is 1.00 bits per heavy atom. The SMILES string of the molecule is COCCOC(=O)COc1ccc2c(=O)c(Oc3cc(C)cc(C)c3)c(C(F)(F)F)oc2c1. The molecule has 0 unspecified atom stereocenters. The van der Waals surface area contributed by atoms with Crippen molar-refractivity contribution in [3.05, 3.63) is 63.5 Å². The smallest absolute Gasteiger partial charge is 0.453 e. The minimum Gasteiger partial charge on any atom is -0.482 e. The minimum atomic E-state index is -5.00. The number of aryl methyl sites for hydroxylation is 2. The van der Waals surface area contributed by atoms with Gasteiger partial charge in [-0.25, -0.2) is 4.79 Å². The Labute approximate surface area is 186 Å². The second-order valence-corrected chi connectivity index (χ2v) is 7.17. The van der Waals surface area contributed by atoms with Crippen LogP contribution in [-0.2, 0) is 20.4 Å². The van der Waals surface area contributed by atoms with E-state index in [0.717, 1.165) is 17.2 Å². The molecular formula is C23H21F3O7. The van der Waals surface area contributed by atoms with E-state index >= 15 is 0 Å². The van der Waals surface area contributed by atoms with Crippen molar-refractivity contribution in [3.8, 4) is 17.2 Å². The van der Waals surface area contributed by atoms with Gasteiger partial charge in [-0.3, -0.25) is 4.79 Å². The number of hydrogen-bond acceptors (Lipinski definition) is 7. The highest BCUT2D eigenvalue weighted by Crippen LogP contribution is 2.38. The standard InChI is InChI=1S/C23H21F3O7/c1-13-8-14(2)10-16(9-13)32-21-20(28)17-5-4-15(31-12-19(27)30-7-6-29-3)11-18(17)33-22(21)23(24,25)26/h4-5,8-11H,6-7,12H2,1-3H3. The number of carbonyl (C=O) groups is 1. The Hall–Kier alpha value is -3.53. The molecule has 33 heavy (non-hydrogen) atoms. The zero-order chi connectivity index (χ0) is 24.2. The van der Waals surface area contributed by atoms with Gasteiger partial charge < -0.3 is 23.4 Å². The Morgan fingerprint density at radius 3 is 2.33 bits per heavy atom. The molecular weight excluding hydrogens is 445 g/mol. The zero-order valence-electron chi connectivity index (χ0n) is 18.1. The molecule has 7 nitrogen and oxygen atoms in total. The molecule has 0 aliphatic carbocycles. The highest BCUT2D eigenvalue weighted by molar-refractivity contribution is 5.80. The average Bonchev–Trinajstić information content (AvgIpc) is 2.72. The number of methoxy groups -OCH3 is 1. The van der Waals surface area contributed by atoms with Crippen LogP contribution in [-0.4, -0.2) is 32.9 Å². The first-order valence-corrected chi connectivity index (χ1v) is 9.80. The lowest BCUT2D eigenvalue weighted by atomic mass is 10.1. The van der Waals surface area contributed by atoms with Gasteiger partial charge in [0, 0.05) is 13.2 Å². The number of halogens is 3. The van der Waals surface area contributed by atoms with Gasteiger partial charge in [0.15, 0.2) is 6.61 Å². The molecule has 0 bridgehead atoms. The summed E-state index contributed by atoms with van der Waals surface area (Å²) < 4.78 is 66.3. The Morgan fingerprint density at radius 2 is 1.70 bits per heavy atom. The van der Waals surface area contributed by atoms with E-state index in [1.165, 1.54) is 31.4 Å². The van der Waals surface area contributed by atoms with Gasteiger partial charge in [0.05, 0.1) is 12.0 Å². The van der Waals surface area contributed by atoms with E-state index < -0.39 is 35.7 Å². The fourth-order valence-electron chi connectivity index (χ4n) is 3.06. The molecule has 0 N–H and O–H groups in total. The van der Waals surface area contributed by atoms with Crippen LogP contribution in [0.3, 0.4) is 0 Å². The number of fused-ring (bicyclic) bond motifs is 1. The third-order valence-electron chi connectivity index (χ3n) is 4.40. The summed E-state index contributed by atoms with van der Waals surface area (Å²) >= 11 is 0. The summed E-state index contributed by atoms with van der Waals surface area (Å²) in [6.07, 6.45) is -5.00. The van der Waals surface area contributed by atoms with Crippen LogP contribution < -0.4 is 14.9 Å². The number of alkyl halides is 3. The molecule has 0 saturated carbocycles. The quantitative estimate of drug-likeness (QED) is 0.349. The maximum absolute atomic E-state index is 13.7. The highest BCUT2D eigenvalue weighted by Gasteiger charge is 2.40. The molecule has 0 saturated heterocycles. The van der Waals surface area contributed by atoms with Crippen molar-refractivity contribution in [2.75, 3.05) is 26.9 Å². The summed E-state index contributed by atoms with van der Waals surface area (Å²) in [5.74, 6) is -3.13. The van der Waals surface area contributed by atoms with E-state index in [1.54, 1.807) is 13.8 Å². The fourth-order valence-corrected chi connectivity index (χ4v) is 3.06. The average molecular weight is 466 g/mol. The summed E-state index contributed by atoms with van der Waals surface area (Å²) in [6.45, 7) is 3.26. The number of esters is 1. The second kappa shape index (κ2) is 9.95. The van der Waals surface area contributed by atoms with E-state index in [2.05, 4.69) is 0 Å². The van der Waals surface area contributed by atoms with Gasteiger partial charge in [0.25, 0.3) is 5.76 Å². The Bertz CT molecular complexity index is 1190. The van der Waals surface area contributed by atoms with Gasteiger partial charge in [-0.2, -0.15) is 13.2 Å². The van der Waals surface area contributed by atoms with Crippen LogP contribution in [0.15, 0.2) is 45.6 Å². The Kier molecular flexibility index (Phi) is 7.27. The lowest BCUT2D eigenvalue weighted by Crippen LogP contribution is -2.17. The largest absolute Gasteiger partial charge is 0.482 e. The molecule has 0 aliphatic heterocycles. The van der Waals surface area contributed by atoms with E-state index in [0.29, 0.717) is 0 Å². The molecule has 0 aliphatic rings. The van der Waals surface area contributed by atoms with Gasteiger partial charge in [-0.15, -0.1) is 0 Å². The van der Waals surface area contributed by atoms with Gasteiger partial charge in [0.1, 0.15) is 23.7 Å². The van der Waals surface area contributed by atoms with E-state index in [-0.39, 0.29) is 35.7 Å². The van der Waals surface area contributed by atoms with Gasteiger partial charge in [0.2, 0.25) is 11.2 Å². The van der Waals surface area contributed by atoms with E-state index in [9.17, 15) is 22.8 Å². The molecule has 0 radical (unpaired) electrons. The van der Waals surface area contributed by atoms with Crippen molar-refractivity contribution < 1.29 is 41.3 Å². The summed E-state index contributed by atoms with van der Waals surface area (Å²) in [5.41, 5.74) is 0.149. The molecule has 3 rings (SSSR count). The molecule has 0 amide bonds. The number of carbonyl (C=O) groups excluding carboxylic acids is 1. The number of rotatable bonds is 8. The number of hydrogen-bond donors (Lipinski definition) is 0. The third kappa shape index (κ3) is 6.04. The number of ether oxygens (including phenoxy) is 4. The predicted molar refractivity (Wildman–Crippen MR) is 112 cm³/mol. The fraction of sp³-hybridized carbons (Fsp3) is 0.304. The van der Waals surface area contributed by atoms with Crippen molar-refractivity contribution >= 4 is 16.9 Å².